The van der Waals surface area contributed by atoms with Crippen molar-refractivity contribution >= 4 is 0 Å². The first kappa shape index (κ1) is 16.2. The van der Waals surface area contributed by atoms with Gasteiger partial charge in [0.05, 0.1) is 24.4 Å². The van der Waals surface area contributed by atoms with Crippen molar-refractivity contribution in [2.75, 3.05) is 40.3 Å². The molecular weight excluding hydrogens is 312 g/mol. The van der Waals surface area contributed by atoms with Crippen LogP contribution in [0.25, 0.3) is 0 Å². The molecule has 0 aliphatic carbocycles. The third kappa shape index (κ3) is 2.49. The average molecular weight is 342 g/mol. The lowest BCUT2D eigenvalue weighted by Gasteiger charge is -2.50. The minimum absolute atomic E-state index is 0.0320. The van der Waals surface area contributed by atoms with E-state index in [1.807, 2.05) is 0 Å². The van der Waals surface area contributed by atoms with Crippen molar-refractivity contribution in [1.29, 1.82) is 0 Å². The number of rotatable bonds is 1. The maximum atomic E-state index is 6.48. The second kappa shape index (κ2) is 5.78. The molecule has 4 heteroatoms. The van der Waals surface area contributed by atoms with Gasteiger partial charge in [0, 0.05) is 25.7 Å². The number of piperidine rings is 2. The fourth-order valence-corrected chi connectivity index (χ4v) is 5.43. The first-order valence-electron chi connectivity index (χ1n) is 9.90. The largest absolute Gasteiger partial charge is 0.375 e. The first-order chi connectivity index (χ1) is 12.1. The van der Waals surface area contributed by atoms with Crippen LogP contribution in [0.1, 0.15) is 54.8 Å². The van der Waals surface area contributed by atoms with E-state index in [4.69, 9.17) is 9.47 Å². The molecule has 25 heavy (non-hydrogen) atoms. The molecule has 2 unspecified atom stereocenters. The Kier molecular flexibility index (Phi) is 3.76. The fourth-order valence-electron chi connectivity index (χ4n) is 5.43. The Morgan fingerprint density at radius 2 is 1.80 bits per heavy atom. The monoisotopic (exact) mass is 342 g/mol. The van der Waals surface area contributed by atoms with E-state index < -0.39 is 0 Å². The summed E-state index contributed by atoms with van der Waals surface area (Å²) in [7, 11) is 4.49. The van der Waals surface area contributed by atoms with Crippen molar-refractivity contribution in [3.05, 3.63) is 34.9 Å². The van der Waals surface area contributed by atoms with E-state index in [1.165, 1.54) is 29.5 Å². The lowest BCUT2D eigenvalue weighted by molar-refractivity contribution is -0.182. The number of hydrogen-bond donors (Lipinski definition) is 0. The van der Waals surface area contributed by atoms with Crippen LogP contribution >= 0.6 is 0 Å². The van der Waals surface area contributed by atoms with Crippen LogP contribution in [-0.2, 0) is 21.7 Å². The van der Waals surface area contributed by atoms with Crippen molar-refractivity contribution < 1.29 is 9.47 Å². The summed E-state index contributed by atoms with van der Waals surface area (Å²) in [6.45, 7) is 5.12. The maximum Gasteiger partial charge on any atom is 0.0963 e. The van der Waals surface area contributed by atoms with Gasteiger partial charge >= 0.3 is 0 Å². The molecule has 4 aliphatic rings. The molecule has 1 aromatic rings. The molecule has 3 saturated heterocycles. The molecule has 2 atom stereocenters. The molecule has 5 rings (SSSR count). The zero-order chi connectivity index (χ0) is 17.1. The highest BCUT2D eigenvalue weighted by atomic mass is 16.5. The highest BCUT2D eigenvalue weighted by Gasteiger charge is 2.47. The van der Waals surface area contributed by atoms with Crippen LogP contribution in [0.4, 0.5) is 0 Å². The number of benzene rings is 1. The predicted octanol–water partition coefficient (Wildman–Crippen LogP) is 3.06. The zero-order valence-corrected chi connectivity index (χ0v) is 15.6. The summed E-state index contributed by atoms with van der Waals surface area (Å²) in [4.78, 5) is 4.95. The van der Waals surface area contributed by atoms with E-state index in [0.717, 1.165) is 52.1 Å². The van der Waals surface area contributed by atoms with Crippen molar-refractivity contribution in [2.45, 2.75) is 56.0 Å². The van der Waals surface area contributed by atoms with Gasteiger partial charge in [0.25, 0.3) is 0 Å². The number of hydrogen-bond acceptors (Lipinski definition) is 4. The van der Waals surface area contributed by atoms with Crippen LogP contribution in [0.3, 0.4) is 0 Å². The van der Waals surface area contributed by atoms with Gasteiger partial charge in [-0.2, -0.15) is 0 Å². The molecule has 0 bridgehead atoms. The predicted molar refractivity (Wildman–Crippen MR) is 97.5 cm³/mol. The highest BCUT2D eigenvalue weighted by molar-refractivity contribution is 5.43. The topological polar surface area (TPSA) is 24.9 Å². The molecule has 2 spiro atoms. The van der Waals surface area contributed by atoms with Crippen molar-refractivity contribution in [2.24, 2.45) is 0 Å². The highest BCUT2D eigenvalue weighted by Crippen LogP contribution is 2.49. The van der Waals surface area contributed by atoms with E-state index in [2.05, 4.69) is 42.1 Å². The molecule has 4 heterocycles. The summed E-state index contributed by atoms with van der Waals surface area (Å²) in [5, 5.41) is 0. The molecule has 0 amide bonds. The Labute approximate surface area is 151 Å². The summed E-state index contributed by atoms with van der Waals surface area (Å²) in [5.41, 5.74) is 4.56. The lowest BCUT2D eigenvalue weighted by Crippen LogP contribution is -2.52. The van der Waals surface area contributed by atoms with Gasteiger partial charge in [0.15, 0.2) is 0 Å². The smallest absolute Gasteiger partial charge is 0.0963 e. The molecule has 3 fully saturated rings. The Bertz CT molecular complexity index is 662. The maximum absolute atomic E-state index is 6.48. The summed E-state index contributed by atoms with van der Waals surface area (Å²) < 4.78 is 12.5. The van der Waals surface area contributed by atoms with Crippen molar-refractivity contribution in [1.82, 2.24) is 9.80 Å². The summed E-state index contributed by atoms with van der Waals surface area (Å²) in [6.07, 6.45) is 5.79. The summed E-state index contributed by atoms with van der Waals surface area (Å²) in [5.74, 6) is 0. The van der Waals surface area contributed by atoms with Crippen LogP contribution in [-0.4, -0.2) is 55.7 Å². The second-order valence-electron chi connectivity index (χ2n) is 8.69. The van der Waals surface area contributed by atoms with E-state index in [9.17, 15) is 0 Å². The van der Waals surface area contributed by atoms with Crippen LogP contribution < -0.4 is 0 Å². The molecule has 4 nitrogen and oxygen atoms in total. The molecule has 0 N–H and O–H groups in total. The van der Waals surface area contributed by atoms with Gasteiger partial charge in [-0.25, -0.2) is 0 Å². The van der Waals surface area contributed by atoms with Gasteiger partial charge in [-0.1, -0.05) is 18.2 Å². The first-order valence-corrected chi connectivity index (χ1v) is 9.90. The average Bonchev–Trinajstić information content (AvgIpc) is 2.96. The minimum Gasteiger partial charge on any atom is -0.375 e. The van der Waals surface area contributed by atoms with E-state index in [1.54, 1.807) is 0 Å². The molecule has 4 aliphatic heterocycles. The SMILES string of the molecule is CN1CCC2(CC1)OCc1c(C3CC4(CCO4)CCN3C)cccc12. The standard InChI is InChI=1S/C21H30N2O2/c1-22-10-7-21(8-11-22)18-5-3-4-16(17(18)15-25-21)19-14-20(9-13-24-20)6-12-23(19)2/h3-5,19H,6-15H2,1-2H3. The van der Waals surface area contributed by atoms with Crippen molar-refractivity contribution in [3.63, 3.8) is 0 Å². The van der Waals surface area contributed by atoms with E-state index in [0.29, 0.717) is 6.04 Å². The number of nitrogens with zero attached hydrogens (tertiary/aromatic N) is 2. The summed E-state index contributed by atoms with van der Waals surface area (Å²) in [6, 6.07) is 7.40. The minimum atomic E-state index is -0.0320. The lowest BCUT2D eigenvalue weighted by atomic mass is 9.76. The third-order valence-electron chi connectivity index (χ3n) is 7.33. The van der Waals surface area contributed by atoms with E-state index in [-0.39, 0.29) is 11.2 Å². The molecule has 136 valence electrons. The molecule has 0 aromatic heterocycles. The molecule has 0 saturated carbocycles. The van der Waals surface area contributed by atoms with Crippen LogP contribution in [0, 0.1) is 0 Å². The Morgan fingerprint density at radius 1 is 1.00 bits per heavy atom. The molecular formula is C21H30N2O2. The van der Waals surface area contributed by atoms with Crippen LogP contribution in [0.5, 0.6) is 0 Å². The van der Waals surface area contributed by atoms with Crippen molar-refractivity contribution in [3.8, 4) is 0 Å². The van der Waals surface area contributed by atoms with Gasteiger partial charge in [-0.3, -0.25) is 4.90 Å². The number of likely N-dealkylation sites (tertiary alicyclic amines) is 2. The third-order valence-corrected chi connectivity index (χ3v) is 7.33. The van der Waals surface area contributed by atoms with Gasteiger partial charge in [0.2, 0.25) is 0 Å². The Balaban J connectivity index is 1.49. The quantitative estimate of drug-likeness (QED) is 0.783. The van der Waals surface area contributed by atoms with E-state index >= 15 is 0 Å². The summed E-state index contributed by atoms with van der Waals surface area (Å²) >= 11 is 0. The van der Waals surface area contributed by atoms with Gasteiger partial charge in [-0.05, 0) is 62.9 Å². The molecule has 0 radical (unpaired) electrons. The number of fused-ring (bicyclic) bond motifs is 2. The Morgan fingerprint density at radius 3 is 2.52 bits per heavy atom. The molecule has 1 aromatic carbocycles. The zero-order valence-electron chi connectivity index (χ0n) is 15.6. The van der Waals surface area contributed by atoms with Gasteiger partial charge in [0.1, 0.15) is 0 Å². The number of ether oxygens (including phenoxy) is 2. The van der Waals surface area contributed by atoms with Gasteiger partial charge in [-0.15, -0.1) is 0 Å². The fraction of sp³-hybridized carbons (Fsp3) is 0.714. The van der Waals surface area contributed by atoms with Crippen LogP contribution in [0.15, 0.2) is 18.2 Å². The van der Waals surface area contributed by atoms with Gasteiger partial charge < -0.3 is 14.4 Å². The van der Waals surface area contributed by atoms with Crippen LogP contribution in [0.2, 0.25) is 0 Å². The second-order valence-corrected chi connectivity index (χ2v) is 8.69. The normalized spacial score (nSPS) is 35.0. The Hall–Kier alpha value is -0.940.